The molecular formula is C15H15N. The zero-order valence-electron chi connectivity index (χ0n) is 9.48. The van der Waals surface area contributed by atoms with Crippen molar-refractivity contribution >= 4 is 0 Å². The second kappa shape index (κ2) is 3.75. The van der Waals surface area contributed by atoms with E-state index in [9.17, 15) is 0 Å². The summed E-state index contributed by atoms with van der Waals surface area (Å²) in [5.41, 5.74) is 5.14. The number of hydrogen-bond acceptors (Lipinski definition) is 1. The summed E-state index contributed by atoms with van der Waals surface area (Å²) in [6.45, 7) is 2.12. The third-order valence-corrected chi connectivity index (χ3v) is 3.16. The van der Waals surface area contributed by atoms with E-state index in [1.165, 1.54) is 35.2 Å². The van der Waals surface area contributed by atoms with E-state index in [4.69, 9.17) is 0 Å². The van der Waals surface area contributed by atoms with Crippen LogP contribution in [0, 0.1) is 6.92 Å². The van der Waals surface area contributed by atoms with Crippen LogP contribution in [-0.4, -0.2) is 4.98 Å². The Bertz CT molecular complexity index is 495. The number of benzene rings is 1. The lowest BCUT2D eigenvalue weighted by atomic mass is 10.0. The van der Waals surface area contributed by atoms with E-state index in [0.717, 1.165) is 5.92 Å². The molecule has 1 saturated carbocycles. The van der Waals surface area contributed by atoms with Crippen molar-refractivity contribution in [2.24, 2.45) is 0 Å². The molecule has 0 spiro atoms. The topological polar surface area (TPSA) is 12.9 Å². The predicted molar refractivity (Wildman–Crippen MR) is 66.4 cm³/mol. The van der Waals surface area contributed by atoms with Gasteiger partial charge in [-0.15, -0.1) is 0 Å². The lowest BCUT2D eigenvalue weighted by molar-refractivity contribution is 1.02. The summed E-state index contributed by atoms with van der Waals surface area (Å²) in [5.74, 6) is 0.727. The molecule has 3 rings (SSSR count). The molecule has 0 bridgehead atoms. The minimum absolute atomic E-state index is 0.727. The molecule has 2 aromatic rings. The summed E-state index contributed by atoms with van der Waals surface area (Å²) in [7, 11) is 0. The quantitative estimate of drug-likeness (QED) is 0.730. The monoisotopic (exact) mass is 209 g/mol. The van der Waals surface area contributed by atoms with E-state index in [0.29, 0.717) is 0 Å². The van der Waals surface area contributed by atoms with Crippen molar-refractivity contribution in [3.8, 4) is 11.1 Å². The van der Waals surface area contributed by atoms with E-state index < -0.39 is 0 Å². The number of aromatic nitrogens is 1. The van der Waals surface area contributed by atoms with Gasteiger partial charge in [0.25, 0.3) is 0 Å². The first-order chi connectivity index (χ1) is 7.83. The average molecular weight is 209 g/mol. The Hall–Kier alpha value is -1.63. The largest absolute Gasteiger partial charge is 0.261 e. The zero-order valence-corrected chi connectivity index (χ0v) is 9.48. The van der Waals surface area contributed by atoms with Crippen LogP contribution in [0.5, 0.6) is 0 Å². The first-order valence-electron chi connectivity index (χ1n) is 5.86. The molecule has 1 fully saturated rings. The van der Waals surface area contributed by atoms with Gasteiger partial charge in [-0.1, -0.05) is 29.8 Å². The molecule has 0 N–H and O–H groups in total. The van der Waals surface area contributed by atoms with Crippen molar-refractivity contribution in [1.82, 2.24) is 4.98 Å². The normalized spacial score (nSPS) is 15.1. The smallest absolute Gasteiger partial charge is 0.0440 e. The Morgan fingerprint density at radius 1 is 1.00 bits per heavy atom. The number of pyridine rings is 1. The van der Waals surface area contributed by atoms with Gasteiger partial charge in [0.2, 0.25) is 0 Å². The summed E-state index contributed by atoms with van der Waals surface area (Å²) in [5, 5.41) is 0. The number of hydrogen-bond donors (Lipinski definition) is 0. The summed E-state index contributed by atoms with van der Waals surface area (Å²) in [6, 6.07) is 13.0. The van der Waals surface area contributed by atoms with Crippen molar-refractivity contribution in [2.75, 3.05) is 0 Å². The summed E-state index contributed by atoms with van der Waals surface area (Å²) >= 11 is 0. The molecule has 1 aliphatic rings. The molecule has 80 valence electrons. The Morgan fingerprint density at radius 3 is 2.44 bits per heavy atom. The molecule has 0 unspecified atom stereocenters. The highest BCUT2D eigenvalue weighted by Crippen LogP contribution is 2.39. The van der Waals surface area contributed by atoms with Gasteiger partial charge in [0.1, 0.15) is 0 Å². The van der Waals surface area contributed by atoms with E-state index in [-0.39, 0.29) is 0 Å². The van der Waals surface area contributed by atoms with Crippen LogP contribution in [0.25, 0.3) is 11.1 Å². The standard InChI is InChI=1S/C15H15N/c1-11-2-4-12(5-3-11)14-8-9-16-15(10-14)13-6-7-13/h2-5,8-10,13H,6-7H2,1H3. The average Bonchev–Trinajstić information content (AvgIpc) is 3.14. The van der Waals surface area contributed by atoms with E-state index in [2.05, 4.69) is 48.3 Å². The fourth-order valence-corrected chi connectivity index (χ4v) is 1.98. The minimum atomic E-state index is 0.727. The number of nitrogens with zero attached hydrogens (tertiary/aromatic N) is 1. The maximum atomic E-state index is 4.44. The van der Waals surface area contributed by atoms with Crippen molar-refractivity contribution < 1.29 is 0 Å². The molecule has 1 aromatic carbocycles. The van der Waals surface area contributed by atoms with E-state index in [1.54, 1.807) is 0 Å². The SMILES string of the molecule is Cc1ccc(-c2ccnc(C3CC3)c2)cc1. The molecule has 0 amide bonds. The second-order valence-electron chi connectivity index (χ2n) is 4.61. The molecule has 1 aliphatic carbocycles. The predicted octanol–water partition coefficient (Wildman–Crippen LogP) is 3.93. The molecule has 0 aliphatic heterocycles. The van der Waals surface area contributed by atoms with Crippen LogP contribution >= 0.6 is 0 Å². The Balaban J connectivity index is 1.98. The molecular weight excluding hydrogens is 194 g/mol. The highest BCUT2D eigenvalue weighted by atomic mass is 14.7. The fourth-order valence-electron chi connectivity index (χ4n) is 1.98. The first-order valence-corrected chi connectivity index (χ1v) is 5.86. The van der Waals surface area contributed by atoms with Gasteiger partial charge in [0, 0.05) is 17.8 Å². The van der Waals surface area contributed by atoms with Gasteiger partial charge in [-0.25, -0.2) is 0 Å². The maximum Gasteiger partial charge on any atom is 0.0440 e. The third-order valence-electron chi connectivity index (χ3n) is 3.16. The maximum absolute atomic E-state index is 4.44. The van der Waals surface area contributed by atoms with Crippen molar-refractivity contribution in [3.63, 3.8) is 0 Å². The minimum Gasteiger partial charge on any atom is -0.261 e. The van der Waals surface area contributed by atoms with Gasteiger partial charge >= 0.3 is 0 Å². The van der Waals surface area contributed by atoms with Gasteiger partial charge in [-0.05, 0) is 43.0 Å². The molecule has 1 heteroatoms. The molecule has 16 heavy (non-hydrogen) atoms. The molecule has 0 saturated heterocycles. The van der Waals surface area contributed by atoms with Gasteiger partial charge < -0.3 is 0 Å². The molecule has 1 aromatic heterocycles. The number of rotatable bonds is 2. The Morgan fingerprint density at radius 2 is 1.75 bits per heavy atom. The van der Waals surface area contributed by atoms with Gasteiger partial charge in [-0.2, -0.15) is 0 Å². The lowest BCUT2D eigenvalue weighted by Crippen LogP contribution is -1.87. The molecule has 1 nitrogen and oxygen atoms in total. The third kappa shape index (κ3) is 1.85. The Labute approximate surface area is 96.2 Å². The van der Waals surface area contributed by atoms with Gasteiger partial charge in [0.15, 0.2) is 0 Å². The van der Waals surface area contributed by atoms with Crippen molar-refractivity contribution in [2.45, 2.75) is 25.7 Å². The van der Waals surface area contributed by atoms with Gasteiger partial charge in [-0.3, -0.25) is 4.98 Å². The second-order valence-corrected chi connectivity index (χ2v) is 4.61. The summed E-state index contributed by atoms with van der Waals surface area (Å²) in [6.07, 6.45) is 4.55. The summed E-state index contributed by atoms with van der Waals surface area (Å²) in [4.78, 5) is 4.44. The molecule has 0 radical (unpaired) electrons. The van der Waals surface area contributed by atoms with Crippen LogP contribution in [0.3, 0.4) is 0 Å². The molecule has 0 atom stereocenters. The van der Waals surface area contributed by atoms with Gasteiger partial charge in [0.05, 0.1) is 0 Å². The van der Waals surface area contributed by atoms with Crippen LogP contribution in [0.15, 0.2) is 42.6 Å². The van der Waals surface area contributed by atoms with Crippen LogP contribution in [-0.2, 0) is 0 Å². The van der Waals surface area contributed by atoms with Crippen LogP contribution in [0.1, 0.15) is 30.0 Å². The molecule has 1 heterocycles. The van der Waals surface area contributed by atoms with Crippen molar-refractivity contribution in [3.05, 3.63) is 53.9 Å². The van der Waals surface area contributed by atoms with E-state index in [1.807, 2.05) is 6.20 Å². The fraction of sp³-hybridized carbons (Fsp3) is 0.267. The van der Waals surface area contributed by atoms with Crippen LogP contribution < -0.4 is 0 Å². The highest BCUT2D eigenvalue weighted by molar-refractivity contribution is 5.63. The van der Waals surface area contributed by atoms with Crippen LogP contribution in [0.2, 0.25) is 0 Å². The highest BCUT2D eigenvalue weighted by Gasteiger charge is 2.24. The summed E-state index contributed by atoms with van der Waals surface area (Å²) < 4.78 is 0. The first kappa shape index (κ1) is 9.59. The zero-order chi connectivity index (χ0) is 11.0. The van der Waals surface area contributed by atoms with E-state index >= 15 is 0 Å². The van der Waals surface area contributed by atoms with Crippen molar-refractivity contribution in [1.29, 1.82) is 0 Å². The van der Waals surface area contributed by atoms with Crippen LogP contribution in [0.4, 0.5) is 0 Å². The number of aryl methyl sites for hydroxylation is 1. The Kier molecular flexibility index (Phi) is 2.24. The lowest BCUT2D eigenvalue weighted by Gasteiger charge is -2.04.